The van der Waals surface area contributed by atoms with Gasteiger partial charge in [-0.2, -0.15) is 24.9 Å². The summed E-state index contributed by atoms with van der Waals surface area (Å²) in [6.07, 6.45) is 3.47. The van der Waals surface area contributed by atoms with Gasteiger partial charge in [0.25, 0.3) is 0 Å². The van der Waals surface area contributed by atoms with Crippen molar-refractivity contribution in [2.24, 2.45) is 0 Å². The number of para-hydroxylation sites is 5. The van der Waals surface area contributed by atoms with E-state index >= 15 is 0 Å². The first-order valence-corrected chi connectivity index (χ1v) is 39.8. The highest BCUT2D eigenvalue weighted by Gasteiger charge is 2.24. The molecule has 0 N–H and O–H groups in total. The number of rotatable bonds is 7. The van der Waals surface area contributed by atoms with Crippen LogP contribution in [0.3, 0.4) is 0 Å². The number of halogens is 5. The van der Waals surface area contributed by atoms with Crippen LogP contribution in [0.5, 0.6) is 0 Å². The molecule has 0 aliphatic rings. The van der Waals surface area contributed by atoms with Crippen molar-refractivity contribution in [1.29, 1.82) is 0 Å². The fourth-order valence-corrected chi connectivity index (χ4v) is 16.0. The van der Waals surface area contributed by atoms with Crippen LogP contribution in [0.15, 0.2) is 362 Å². The van der Waals surface area contributed by atoms with Gasteiger partial charge in [0.05, 0.1) is 55.4 Å². The highest BCUT2D eigenvalue weighted by Crippen LogP contribution is 2.43. The van der Waals surface area contributed by atoms with Gasteiger partial charge in [-0.25, -0.2) is 24.9 Å². The van der Waals surface area contributed by atoms with Crippen LogP contribution in [0.4, 0.5) is 0 Å². The lowest BCUT2D eigenvalue weighted by Crippen LogP contribution is -1.90. The van der Waals surface area contributed by atoms with E-state index in [1.807, 2.05) is 212 Å². The molecule has 0 aliphatic heterocycles. The third-order valence-corrected chi connectivity index (χ3v) is 21.4. The monoisotopic (exact) mass is 1650 g/mol. The first kappa shape index (κ1) is 74.2. The number of hydrogen-bond donors (Lipinski definition) is 0. The fourth-order valence-electron chi connectivity index (χ4n) is 15.2. The Morgan fingerprint density at radius 3 is 0.942 bits per heavy atom. The molecule has 0 bridgehead atoms. The minimum absolute atomic E-state index is 0.162. The van der Waals surface area contributed by atoms with Crippen LogP contribution >= 0.6 is 58.0 Å². The molecular weight excluding hydrogens is 1600 g/mol. The van der Waals surface area contributed by atoms with Gasteiger partial charge >= 0.3 is 0 Å². The van der Waals surface area contributed by atoms with Gasteiger partial charge in [-0.3, -0.25) is 4.98 Å². The Labute approximate surface area is 706 Å². The number of fused-ring (bicyclic) bond motifs is 17. The zero-order valence-electron chi connectivity index (χ0n) is 62.7. The highest BCUT2D eigenvalue weighted by atomic mass is 35.5. The van der Waals surface area contributed by atoms with Gasteiger partial charge in [0, 0.05) is 67.1 Å². The summed E-state index contributed by atoms with van der Waals surface area (Å²) >= 11 is 30.6. The van der Waals surface area contributed by atoms with Gasteiger partial charge < -0.3 is 22.1 Å². The summed E-state index contributed by atoms with van der Waals surface area (Å²) in [5.41, 5.74) is 19.8. The number of benzene rings is 13. The summed E-state index contributed by atoms with van der Waals surface area (Å²) < 4.78 is 29.2. The van der Waals surface area contributed by atoms with Crippen molar-refractivity contribution in [2.45, 2.75) is 0 Å². The summed E-state index contributed by atoms with van der Waals surface area (Å²) in [7, 11) is 0. The van der Waals surface area contributed by atoms with E-state index in [1.54, 1.807) is 12.4 Å². The van der Waals surface area contributed by atoms with Crippen molar-refractivity contribution in [3.8, 4) is 78.5 Å². The van der Waals surface area contributed by atoms with Gasteiger partial charge in [-0.05, 0) is 156 Å². The van der Waals surface area contributed by atoms with Crippen molar-refractivity contribution >= 4 is 190 Å². The predicted octanol–water partition coefficient (Wildman–Crippen LogP) is 28.5. The summed E-state index contributed by atoms with van der Waals surface area (Å²) in [5, 5.41) is 14.9. The Balaban J connectivity index is 0.0000000961. The van der Waals surface area contributed by atoms with E-state index in [4.69, 9.17) is 80.1 Å². The first-order chi connectivity index (χ1) is 59.0. The third-order valence-electron chi connectivity index (χ3n) is 20.6. The standard InChI is InChI=1S/2C22H13ClN2O.2C20H11ClN2O.C15H8ClN3O/c23-22-24-20(19-17-11-4-5-12-18(17)26-21(19)25-22)16-10-6-9-15(13-16)14-7-2-1-3-8-14;23-22-24-20(19-17-8-4-5-9-18(17)26-21(19)25-22)16-12-10-15(11-13-16)14-6-2-1-3-7-14;21-20-22-18(14-10-5-7-12-6-1-2-8-13(12)14)17-15-9-3-4-11-16(15)24-19(17)23-20;21-20-22-18(14-10-9-12-5-1-2-6-13(12)11-14)17-15-7-3-4-8-16(15)24-19(17)23-20;16-15-18-13(9-4-3-7-17-8-9)12-10-5-1-2-6-11(10)20-14(12)19-15/h2*1-13H;2*1-11H;1-8H. The molecule has 21 heteroatoms. The lowest BCUT2D eigenvalue weighted by Gasteiger charge is -2.07. The van der Waals surface area contributed by atoms with E-state index < -0.39 is 0 Å². The summed E-state index contributed by atoms with van der Waals surface area (Å²) in [5.74, 6) is 0. The second-order valence-electron chi connectivity index (χ2n) is 27.8. The predicted molar refractivity (Wildman–Crippen MR) is 482 cm³/mol. The Morgan fingerprint density at radius 2 is 0.492 bits per heavy atom. The smallest absolute Gasteiger partial charge is 0.232 e. The van der Waals surface area contributed by atoms with Gasteiger partial charge in [0.1, 0.15) is 27.9 Å². The maximum Gasteiger partial charge on any atom is 0.232 e. The summed E-state index contributed by atoms with van der Waals surface area (Å²) in [6.45, 7) is 0. The van der Waals surface area contributed by atoms with Crippen molar-refractivity contribution in [1.82, 2.24) is 54.8 Å². The topological polar surface area (TPSA) is 207 Å². The minimum atomic E-state index is 0.162. The van der Waals surface area contributed by atoms with Crippen LogP contribution in [0.25, 0.3) is 210 Å². The van der Waals surface area contributed by atoms with E-state index in [2.05, 4.69) is 170 Å². The molecule has 120 heavy (non-hydrogen) atoms. The summed E-state index contributed by atoms with van der Waals surface area (Å²) in [4.78, 5) is 47.7. The number of furan rings is 5. The maximum atomic E-state index is 6.18. The molecule has 0 unspecified atom stereocenters. The van der Waals surface area contributed by atoms with E-state index in [-0.39, 0.29) is 26.4 Å². The van der Waals surface area contributed by atoms with Crippen LogP contribution in [0, 0.1) is 0 Å². The summed E-state index contributed by atoms with van der Waals surface area (Å²) in [6, 6.07) is 109. The van der Waals surface area contributed by atoms with E-state index in [0.29, 0.717) is 28.6 Å². The number of nitrogens with zero attached hydrogens (tertiary/aromatic N) is 11. The highest BCUT2D eigenvalue weighted by molar-refractivity contribution is 6.31. The molecule has 0 fully saturated rings. The molecule has 0 saturated carbocycles. The number of pyridine rings is 1. The largest absolute Gasteiger partial charge is 0.438 e. The van der Waals surface area contributed by atoms with Gasteiger partial charge in [0.2, 0.25) is 55.0 Å². The zero-order chi connectivity index (χ0) is 80.7. The molecule has 24 aromatic rings. The molecule has 572 valence electrons. The van der Waals surface area contributed by atoms with Crippen LogP contribution in [0.2, 0.25) is 26.4 Å². The van der Waals surface area contributed by atoms with Crippen molar-refractivity contribution in [3.63, 3.8) is 0 Å². The molecule has 13 aromatic carbocycles. The van der Waals surface area contributed by atoms with Crippen molar-refractivity contribution in [3.05, 3.63) is 366 Å². The fraction of sp³-hybridized carbons (Fsp3) is 0. The molecule has 0 atom stereocenters. The second kappa shape index (κ2) is 32.1. The van der Waals surface area contributed by atoms with E-state index in [0.717, 1.165) is 171 Å². The molecule has 11 heterocycles. The number of hydrogen-bond acceptors (Lipinski definition) is 16. The zero-order valence-corrected chi connectivity index (χ0v) is 66.5. The minimum Gasteiger partial charge on any atom is -0.438 e. The van der Waals surface area contributed by atoms with Crippen LogP contribution in [0.1, 0.15) is 0 Å². The van der Waals surface area contributed by atoms with Crippen LogP contribution in [-0.2, 0) is 0 Å². The average Bonchev–Trinajstić information content (AvgIpc) is 1.39. The Morgan fingerprint density at radius 1 is 0.192 bits per heavy atom. The molecule has 11 aromatic heterocycles. The van der Waals surface area contributed by atoms with Crippen molar-refractivity contribution in [2.75, 3.05) is 0 Å². The maximum absolute atomic E-state index is 6.18. The molecule has 16 nitrogen and oxygen atoms in total. The Bertz CT molecular complexity index is 8020. The Kier molecular flexibility index (Phi) is 19.9. The lowest BCUT2D eigenvalue weighted by atomic mass is 9.99. The first-order valence-electron chi connectivity index (χ1n) is 38.0. The third kappa shape index (κ3) is 14.5. The van der Waals surface area contributed by atoms with Crippen LogP contribution in [-0.4, -0.2) is 54.8 Å². The quantitative estimate of drug-likeness (QED) is 0.136. The van der Waals surface area contributed by atoms with E-state index in [1.165, 1.54) is 10.9 Å². The molecular formula is C99H56Cl5N11O5. The Hall–Kier alpha value is -14.6. The lowest BCUT2D eigenvalue weighted by molar-refractivity contribution is 0.652. The normalized spacial score (nSPS) is 11.4. The molecule has 0 spiro atoms. The molecule has 0 aliphatic carbocycles. The SMILES string of the molecule is Clc1nc(-c2ccc(-c3ccccc3)cc2)c2c(n1)oc1ccccc12.Clc1nc(-c2ccc3ccccc3c2)c2c(n1)oc1ccccc12.Clc1nc(-c2cccc(-c3ccccc3)c2)c2c(n1)oc1ccccc12.Clc1nc(-c2cccc3ccccc23)c2c(n1)oc1ccccc12.Clc1nc(-c2cccnc2)c2c(n1)oc1ccccc12. The van der Waals surface area contributed by atoms with E-state index in [9.17, 15) is 0 Å². The molecule has 0 saturated heterocycles. The average molecular weight is 1660 g/mol. The van der Waals surface area contributed by atoms with Gasteiger partial charge in [0.15, 0.2) is 0 Å². The molecule has 0 amide bonds. The van der Waals surface area contributed by atoms with Crippen LogP contribution < -0.4 is 0 Å². The number of aromatic nitrogens is 11. The molecule has 24 rings (SSSR count). The molecule has 0 radical (unpaired) electrons. The van der Waals surface area contributed by atoms with Crippen molar-refractivity contribution < 1.29 is 22.1 Å². The second-order valence-corrected chi connectivity index (χ2v) is 29.5. The van der Waals surface area contributed by atoms with Gasteiger partial charge in [-0.1, -0.05) is 273 Å². The van der Waals surface area contributed by atoms with Gasteiger partial charge in [-0.15, -0.1) is 0 Å².